The number of alkyl halides is 3. The van der Waals surface area contributed by atoms with Crippen LogP contribution in [-0.4, -0.2) is 52.8 Å². The fourth-order valence-electron chi connectivity index (χ4n) is 3.42. The Labute approximate surface area is 199 Å². The highest BCUT2D eigenvalue weighted by atomic mass is 35.6. The van der Waals surface area contributed by atoms with Crippen molar-refractivity contribution in [2.24, 2.45) is 0 Å². The Balaban J connectivity index is 2.10. The molecule has 0 aromatic heterocycles. The third-order valence-electron chi connectivity index (χ3n) is 4.78. The number of carboxylic acid groups (broad SMARTS) is 1. The van der Waals surface area contributed by atoms with Crippen LogP contribution in [0.15, 0.2) is 48.5 Å². The van der Waals surface area contributed by atoms with Crippen LogP contribution in [0.25, 0.3) is 0 Å². The van der Waals surface area contributed by atoms with Gasteiger partial charge < -0.3 is 24.1 Å². The molecular formula is C21H20Cl3NO7. The second-order valence-electron chi connectivity index (χ2n) is 6.79. The van der Waals surface area contributed by atoms with Gasteiger partial charge in [0.1, 0.15) is 24.1 Å². The largest absolute Gasteiger partial charge is 0.497 e. The Morgan fingerprint density at radius 1 is 1.09 bits per heavy atom. The fourth-order valence-corrected chi connectivity index (χ4v) is 3.59. The number of hydrogen-bond donors (Lipinski definition) is 1. The molecule has 1 N–H and O–H groups in total. The maximum atomic E-state index is 13.1. The van der Waals surface area contributed by atoms with Crippen molar-refractivity contribution >= 4 is 46.9 Å². The Bertz CT molecular complexity index is 968. The average Bonchev–Trinajstić information content (AvgIpc) is 3.18. The van der Waals surface area contributed by atoms with E-state index >= 15 is 0 Å². The first-order valence-corrected chi connectivity index (χ1v) is 10.5. The number of amides is 1. The summed E-state index contributed by atoms with van der Waals surface area (Å²) in [6.07, 6.45) is -3.48. The molecule has 2 aromatic rings. The maximum Gasteiger partial charge on any atom is 0.412 e. The zero-order valence-corrected chi connectivity index (χ0v) is 19.3. The molecule has 1 heterocycles. The summed E-state index contributed by atoms with van der Waals surface area (Å²) < 4.78 is 19.8. The number of carbonyl (C=O) groups is 2. The highest BCUT2D eigenvalue weighted by Crippen LogP contribution is 2.46. The first kappa shape index (κ1) is 24.3. The first-order chi connectivity index (χ1) is 15.2. The Morgan fingerprint density at radius 3 is 2.34 bits per heavy atom. The third-order valence-corrected chi connectivity index (χ3v) is 5.10. The van der Waals surface area contributed by atoms with Gasteiger partial charge in [-0.15, -0.1) is 0 Å². The van der Waals surface area contributed by atoms with Crippen LogP contribution in [0.3, 0.4) is 0 Å². The number of methoxy groups -OCH3 is 2. The number of carboxylic acids is 1. The van der Waals surface area contributed by atoms with Gasteiger partial charge in [0.2, 0.25) is 3.79 Å². The lowest BCUT2D eigenvalue weighted by molar-refractivity contribution is -0.150. The molecule has 0 radical (unpaired) electrons. The normalized spacial score (nSPS) is 20.7. The van der Waals surface area contributed by atoms with Crippen LogP contribution in [-0.2, 0) is 14.3 Å². The predicted octanol–water partition coefficient (Wildman–Crippen LogP) is 4.74. The average molecular weight is 505 g/mol. The molecule has 1 aliphatic rings. The molecule has 1 fully saturated rings. The summed E-state index contributed by atoms with van der Waals surface area (Å²) in [5, 5.41) is 9.86. The summed E-state index contributed by atoms with van der Waals surface area (Å²) in [7, 11) is 2.93. The van der Waals surface area contributed by atoms with E-state index in [9.17, 15) is 14.7 Å². The number of hydrogen-bond acceptors (Lipinski definition) is 6. The fraction of sp³-hybridized carbons (Fsp3) is 0.333. The minimum Gasteiger partial charge on any atom is -0.497 e. The molecule has 1 unspecified atom stereocenters. The summed E-state index contributed by atoms with van der Waals surface area (Å²) >= 11 is 17.2. The molecule has 32 heavy (non-hydrogen) atoms. The molecule has 0 spiro atoms. The Hall–Kier alpha value is -2.39. The Kier molecular flexibility index (Phi) is 7.61. The van der Waals surface area contributed by atoms with Crippen molar-refractivity contribution in [3.8, 4) is 11.5 Å². The van der Waals surface area contributed by atoms with E-state index in [0.717, 1.165) is 4.90 Å². The van der Waals surface area contributed by atoms with E-state index in [-0.39, 0.29) is 0 Å². The number of rotatable bonds is 6. The molecule has 8 nitrogen and oxygen atoms in total. The van der Waals surface area contributed by atoms with Gasteiger partial charge in [0, 0.05) is 11.6 Å². The molecule has 11 heteroatoms. The van der Waals surface area contributed by atoms with Crippen LogP contribution < -0.4 is 9.47 Å². The third kappa shape index (κ3) is 5.32. The van der Waals surface area contributed by atoms with E-state index in [2.05, 4.69) is 0 Å². The van der Waals surface area contributed by atoms with Gasteiger partial charge in [-0.2, -0.15) is 0 Å². The molecule has 3 atom stereocenters. The van der Waals surface area contributed by atoms with Crippen molar-refractivity contribution in [1.29, 1.82) is 0 Å². The van der Waals surface area contributed by atoms with Gasteiger partial charge in [0.15, 0.2) is 12.3 Å². The lowest BCUT2D eigenvalue weighted by Crippen LogP contribution is -2.38. The van der Waals surface area contributed by atoms with Gasteiger partial charge in [-0.05, 0) is 17.7 Å². The molecule has 1 amide bonds. The molecule has 2 aromatic carbocycles. The topological polar surface area (TPSA) is 94.5 Å². The van der Waals surface area contributed by atoms with Crippen LogP contribution in [0.1, 0.15) is 23.4 Å². The lowest BCUT2D eigenvalue weighted by Gasteiger charge is -2.29. The molecule has 1 aliphatic heterocycles. The van der Waals surface area contributed by atoms with Crippen molar-refractivity contribution in [3.63, 3.8) is 0 Å². The van der Waals surface area contributed by atoms with Crippen LogP contribution in [0.4, 0.5) is 4.79 Å². The van der Waals surface area contributed by atoms with E-state index < -0.39 is 40.8 Å². The van der Waals surface area contributed by atoms with E-state index in [1.165, 1.54) is 14.2 Å². The zero-order valence-electron chi connectivity index (χ0n) is 17.0. The second-order valence-corrected chi connectivity index (χ2v) is 9.30. The van der Waals surface area contributed by atoms with E-state index in [0.29, 0.717) is 22.6 Å². The standard InChI is InChI=1S/C21H20Cl3NO7/c1-29-13-8-9-14(15(10-13)30-2)18-25(20(28)31-11-21(22,23)24)16(17(32-18)19(26)27)12-6-4-3-5-7-12/h3-10,16-18H,11H2,1-2H3,(H,26,27)/t16-,17+,18?/m0/s1. The summed E-state index contributed by atoms with van der Waals surface area (Å²) in [4.78, 5) is 26.4. The number of benzene rings is 2. The second kappa shape index (κ2) is 10.0. The van der Waals surface area contributed by atoms with Gasteiger partial charge in [0.25, 0.3) is 0 Å². The minimum atomic E-state index is -1.85. The molecule has 1 saturated heterocycles. The number of aliphatic carboxylic acids is 1. The van der Waals surface area contributed by atoms with Gasteiger partial charge >= 0.3 is 12.1 Å². The van der Waals surface area contributed by atoms with Crippen LogP contribution >= 0.6 is 34.8 Å². The molecule has 0 bridgehead atoms. The zero-order chi connectivity index (χ0) is 23.5. The van der Waals surface area contributed by atoms with Gasteiger partial charge in [-0.25, -0.2) is 9.59 Å². The summed E-state index contributed by atoms with van der Waals surface area (Å²) in [5.74, 6) is -0.428. The van der Waals surface area contributed by atoms with E-state index in [4.69, 9.17) is 53.8 Å². The quantitative estimate of drug-likeness (QED) is 0.568. The molecule has 0 aliphatic carbocycles. The monoisotopic (exact) mass is 503 g/mol. The van der Waals surface area contributed by atoms with Crippen LogP contribution in [0.5, 0.6) is 11.5 Å². The minimum absolute atomic E-state index is 0.325. The summed E-state index contributed by atoms with van der Waals surface area (Å²) in [6.45, 7) is -0.543. The molecular weight excluding hydrogens is 485 g/mol. The summed E-state index contributed by atoms with van der Waals surface area (Å²) in [6, 6.07) is 12.4. The smallest absolute Gasteiger partial charge is 0.412 e. The molecule has 3 rings (SSSR count). The van der Waals surface area contributed by atoms with Gasteiger partial charge in [-0.1, -0.05) is 65.1 Å². The summed E-state index contributed by atoms with van der Waals surface area (Å²) in [5.41, 5.74) is 0.921. The van der Waals surface area contributed by atoms with Gasteiger partial charge in [-0.3, -0.25) is 4.90 Å². The van der Waals surface area contributed by atoms with E-state index in [1.807, 2.05) is 0 Å². The lowest BCUT2D eigenvalue weighted by atomic mass is 10.0. The Morgan fingerprint density at radius 2 is 1.78 bits per heavy atom. The number of halogens is 3. The van der Waals surface area contributed by atoms with Crippen molar-refractivity contribution in [3.05, 3.63) is 59.7 Å². The van der Waals surface area contributed by atoms with E-state index in [1.54, 1.807) is 48.5 Å². The number of ether oxygens (including phenoxy) is 4. The predicted molar refractivity (Wildman–Crippen MR) is 117 cm³/mol. The van der Waals surface area contributed by atoms with Crippen LogP contribution in [0, 0.1) is 0 Å². The highest BCUT2D eigenvalue weighted by molar-refractivity contribution is 6.67. The maximum absolute atomic E-state index is 13.1. The SMILES string of the molecule is COc1ccc(C2O[C@@H](C(=O)O)[C@H](c3ccccc3)N2C(=O)OCC(Cl)(Cl)Cl)c(OC)c1. The van der Waals surface area contributed by atoms with Crippen LogP contribution in [0.2, 0.25) is 0 Å². The number of carbonyl (C=O) groups excluding carboxylic acids is 1. The number of nitrogens with zero attached hydrogens (tertiary/aromatic N) is 1. The highest BCUT2D eigenvalue weighted by Gasteiger charge is 2.51. The molecule has 172 valence electrons. The van der Waals surface area contributed by atoms with Gasteiger partial charge in [0.05, 0.1) is 14.2 Å². The van der Waals surface area contributed by atoms with Crippen molar-refractivity contribution in [1.82, 2.24) is 4.90 Å². The molecule has 0 saturated carbocycles. The first-order valence-electron chi connectivity index (χ1n) is 9.33. The van der Waals surface area contributed by atoms with Crippen molar-refractivity contribution in [2.75, 3.05) is 20.8 Å². The van der Waals surface area contributed by atoms with Crippen molar-refractivity contribution < 1.29 is 33.6 Å². The van der Waals surface area contributed by atoms with Crippen molar-refractivity contribution in [2.45, 2.75) is 22.2 Å².